The van der Waals surface area contributed by atoms with Crippen LogP contribution in [0, 0.1) is 0 Å². The van der Waals surface area contributed by atoms with Gasteiger partial charge in [-0.15, -0.1) is 0 Å². The van der Waals surface area contributed by atoms with Crippen molar-refractivity contribution in [3.8, 4) is 0 Å². The van der Waals surface area contributed by atoms with Crippen LogP contribution in [0.3, 0.4) is 0 Å². The first-order valence-corrected chi connectivity index (χ1v) is 10.3. The van der Waals surface area contributed by atoms with Gasteiger partial charge in [-0.2, -0.15) is 0 Å². The summed E-state index contributed by atoms with van der Waals surface area (Å²) in [6, 6.07) is 20.3. The highest BCUT2D eigenvalue weighted by Gasteiger charge is 2.41. The van der Waals surface area contributed by atoms with Crippen LogP contribution in [0.1, 0.15) is 36.9 Å². The maximum atomic E-state index is 6.24. The SMILES string of the molecule is CCCN1C(=S)N[C@@H](c2ccccn2)[C@H]1c1ccc(Sc2ccccc2)o1. The van der Waals surface area contributed by atoms with Gasteiger partial charge < -0.3 is 14.6 Å². The Morgan fingerprint density at radius 2 is 1.93 bits per heavy atom. The van der Waals surface area contributed by atoms with Gasteiger partial charge in [-0.1, -0.05) is 43.0 Å². The van der Waals surface area contributed by atoms with Gasteiger partial charge in [-0.05, 0) is 55.0 Å². The number of nitrogens with zero attached hydrogens (tertiary/aromatic N) is 2. The second kappa shape index (κ2) is 8.15. The predicted molar refractivity (Wildman–Crippen MR) is 112 cm³/mol. The van der Waals surface area contributed by atoms with E-state index in [0.29, 0.717) is 0 Å². The fourth-order valence-corrected chi connectivity index (χ4v) is 4.48. The average Bonchev–Trinajstić information content (AvgIpc) is 3.28. The summed E-state index contributed by atoms with van der Waals surface area (Å²) in [5.74, 6) is 0.907. The molecule has 1 fully saturated rings. The highest BCUT2D eigenvalue weighted by Crippen LogP contribution is 2.41. The Balaban J connectivity index is 1.64. The van der Waals surface area contributed by atoms with Crippen LogP contribution >= 0.6 is 24.0 Å². The Morgan fingerprint density at radius 3 is 2.67 bits per heavy atom. The third-order valence-corrected chi connectivity index (χ3v) is 5.80. The lowest BCUT2D eigenvalue weighted by atomic mass is 10.0. The van der Waals surface area contributed by atoms with Crippen molar-refractivity contribution in [1.29, 1.82) is 0 Å². The highest BCUT2D eigenvalue weighted by molar-refractivity contribution is 7.99. The third kappa shape index (κ3) is 3.87. The number of rotatable bonds is 6. The minimum atomic E-state index is -0.0222. The molecule has 0 spiro atoms. The molecule has 1 aliphatic rings. The number of thiocarbonyl (C=S) groups is 1. The second-order valence-corrected chi connectivity index (χ2v) is 7.86. The molecule has 138 valence electrons. The van der Waals surface area contributed by atoms with E-state index in [1.807, 2.05) is 48.7 Å². The summed E-state index contributed by atoms with van der Waals surface area (Å²) < 4.78 is 6.24. The molecule has 3 heterocycles. The van der Waals surface area contributed by atoms with Crippen molar-refractivity contribution >= 4 is 29.1 Å². The van der Waals surface area contributed by atoms with Gasteiger partial charge in [0.25, 0.3) is 0 Å². The van der Waals surface area contributed by atoms with Crippen LogP contribution in [-0.4, -0.2) is 21.5 Å². The van der Waals surface area contributed by atoms with Gasteiger partial charge >= 0.3 is 0 Å². The van der Waals surface area contributed by atoms with Crippen LogP contribution in [0.15, 0.2) is 81.3 Å². The number of nitrogens with one attached hydrogen (secondary N) is 1. The lowest BCUT2D eigenvalue weighted by Crippen LogP contribution is -2.30. The zero-order valence-electron chi connectivity index (χ0n) is 15.0. The van der Waals surface area contributed by atoms with E-state index in [1.54, 1.807) is 11.8 Å². The lowest BCUT2D eigenvalue weighted by Gasteiger charge is -2.25. The van der Waals surface area contributed by atoms with Gasteiger partial charge in [0, 0.05) is 17.6 Å². The maximum absolute atomic E-state index is 6.24. The molecule has 0 bridgehead atoms. The molecule has 27 heavy (non-hydrogen) atoms. The largest absolute Gasteiger partial charge is 0.452 e. The van der Waals surface area contributed by atoms with Crippen LogP contribution in [-0.2, 0) is 0 Å². The van der Waals surface area contributed by atoms with Crippen molar-refractivity contribution in [1.82, 2.24) is 15.2 Å². The molecule has 4 nitrogen and oxygen atoms in total. The van der Waals surface area contributed by atoms with Crippen molar-refractivity contribution < 1.29 is 4.42 Å². The molecule has 3 aromatic rings. The summed E-state index contributed by atoms with van der Waals surface area (Å²) in [5.41, 5.74) is 0.970. The molecular weight excluding hydrogens is 374 g/mol. The smallest absolute Gasteiger partial charge is 0.170 e. The number of hydrogen-bond acceptors (Lipinski definition) is 4. The highest BCUT2D eigenvalue weighted by atomic mass is 32.2. The normalized spacial score (nSPS) is 19.3. The Hall–Kier alpha value is -2.31. The Labute approximate surface area is 169 Å². The van der Waals surface area contributed by atoms with E-state index in [0.717, 1.165) is 39.5 Å². The van der Waals surface area contributed by atoms with Crippen molar-refractivity contribution in [2.75, 3.05) is 6.54 Å². The number of aromatic nitrogens is 1. The molecule has 1 aliphatic heterocycles. The van der Waals surface area contributed by atoms with E-state index in [2.05, 4.69) is 40.3 Å². The summed E-state index contributed by atoms with van der Waals surface area (Å²) in [6.45, 7) is 3.04. The minimum absolute atomic E-state index is 0.00234. The van der Waals surface area contributed by atoms with Crippen molar-refractivity contribution in [3.05, 3.63) is 78.3 Å². The van der Waals surface area contributed by atoms with Crippen LogP contribution < -0.4 is 5.32 Å². The van der Waals surface area contributed by atoms with E-state index >= 15 is 0 Å². The van der Waals surface area contributed by atoms with E-state index in [1.165, 1.54) is 0 Å². The Morgan fingerprint density at radius 1 is 1.11 bits per heavy atom. The van der Waals surface area contributed by atoms with Gasteiger partial charge in [-0.3, -0.25) is 4.98 Å². The van der Waals surface area contributed by atoms with Gasteiger partial charge in [0.05, 0.1) is 11.7 Å². The van der Waals surface area contributed by atoms with Gasteiger partial charge in [0.15, 0.2) is 10.2 Å². The molecule has 1 N–H and O–H groups in total. The summed E-state index contributed by atoms with van der Waals surface area (Å²) in [6.07, 6.45) is 2.83. The molecule has 2 aromatic heterocycles. The summed E-state index contributed by atoms with van der Waals surface area (Å²) in [4.78, 5) is 7.91. The zero-order valence-corrected chi connectivity index (χ0v) is 16.7. The Kier molecular flexibility index (Phi) is 5.45. The summed E-state index contributed by atoms with van der Waals surface area (Å²) >= 11 is 7.24. The van der Waals surface area contributed by atoms with Crippen LogP contribution in [0.5, 0.6) is 0 Å². The van der Waals surface area contributed by atoms with Crippen LogP contribution in [0.2, 0.25) is 0 Å². The number of furan rings is 1. The van der Waals surface area contributed by atoms with Crippen molar-refractivity contribution in [2.45, 2.75) is 35.4 Å². The first-order chi connectivity index (χ1) is 13.3. The first kappa shape index (κ1) is 18.1. The monoisotopic (exact) mass is 395 g/mol. The molecule has 2 atom stereocenters. The van der Waals surface area contributed by atoms with Gasteiger partial charge in [0.2, 0.25) is 0 Å². The number of benzene rings is 1. The van der Waals surface area contributed by atoms with Crippen molar-refractivity contribution in [3.63, 3.8) is 0 Å². The molecule has 0 unspecified atom stereocenters. The molecular formula is C21H21N3OS2. The maximum Gasteiger partial charge on any atom is 0.170 e. The molecule has 0 amide bonds. The standard InChI is InChI=1S/C21H21N3OS2/c1-2-14-24-20(19(23-21(24)26)16-10-6-7-13-22-16)17-11-12-18(25-17)27-15-8-4-3-5-9-15/h3-13,19-20H,2,14H2,1H3,(H,23,26)/t19-,20+/m0/s1. The quantitative estimate of drug-likeness (QED) is 0.578. The first-order valence-electron chi connectivity index (χ1n) is 9.07. The minimum Gasteiger partial charge on any atom is -0.452 e. The second-order valence-electron chi connectivity index (χ2n) is 6.39. The molecule has 1 aromatic carbocycles. The molecule has 1 saturated heterocycles. The number of pyridine rings is 1. The molecule has 0 aliphatic carbocycles. The predicted octanol–water partition coefficient (Wildman–Crippen LogP) is 5.21. The third-order valence-electron chi connectivity index (χ3n) is 4.52. The van der Waals surface area contributed by atoms with Gasteiger partial charge in [0.1, 0.15) is 11.8 Å². The van der Waals surface area contributed by atoms with E-state index in [9.17, 15) is 0 Å². The summed E-state index contributed by atoms with van der Waals surface area (Å²) in [7, 11) is 0. The van der Waals surface area contributed by atoms with Crippen LogP contribution in [0.4, 0.5) is 0 Å². The zero-order chi connectivity index (χ0) is 18.6. The topological polar surface area (TPSA) is 41.3 Å². The fraction of sp³-hybridized carbons (Fsp3) is 0.238. The van der Waals surface area contributed by atoms with Gasteiger partial charge in [-0.25, -0.2) is 0 Å². The lowest BCUT2D eigenvalue weighted by molar-refractivity contribution is 0.260. The average molecular weight is 396 g/mol. The van der Waals surface area contributed by atoms with Crippen LogP contribution in [0.25, 0.3) is 0 Å². The van der Waals surface area contributed by atoms with E-state index < -0.39 is 0 Å². The molecule has 6 heteroatoms. The summed E-state index contributed by atoms with van der Waals surface area (Å²) in [5, 5.41) is 5.08. The van der Waals surface area contributed by atoms with E-state index in [-0.39, 0.29) is 12.1 Å². The number of hydrogen-bond donors (Lipinski definition) is 1. The Bertz CT molecular complexity index is 898. The van der Waals surface area contributed by atoms with Crippen molar-refractivity contribution in [2.24, 2.45) is 0 Å². The molecule has 0 saturated carbocycles. The fourth-order valence-electron chi connectivity index (χ4n) is 3.35. The molecule has 4 rings (SSSR count). The van der Waals surface area contributed by atoms with E-state index in [4.69, 9.17) is 16.6 Å². The molecule has 0 radical (unpaired) electrons.